The smallest absolute Gasteiger partial charge is 0.243 e. The standard InChI is InChI=1S/C21H26N2O2/c1-15(2)14-25-20-12-8-7-11-19(20)23-21(24)13-22-18-10-6-5-9-17(18)16(3)4/h5-12,16,22H,1,13-14H2,2-4H3,(H,23,24). The van der Waals surface area contributed by atoms with E-state index in [-0.39, 0.29) is 12.5 Å². The zero-order chi connectivity index (χ0) is 18.2. The van der Waals surface area contributed by atoms with Crippen molar-refractivity contribution in [3.8, 4) is 5.75 Å². The van der Waals surface area contributed by atoms with Crippen molar-refractivity contribution in [2.75, 3.05) is 23.8 Å². The number of amides is 1. The molecule has 0 heterocycles. The highest BCUT2D eigenvalue weighted by Crippen LogP contribution is 2.25. The number of ether oxygens (including phenoxy) is 1. The average molecular weight is 338 g/mol. The van der Waals surface area contributed by atoms with Crippen molar-refractivity contribution >= 4 is 17.3 Å². The highest BCUT2D eigenvalue weighted by atomic mass is 16.5. The molecule has 1 amide bonds. The maximum absolute atomic E-state index is 12.3. The van der Waals surface area contributed by atoms with Crippen LogP contribution in [0.15, 0.2) is 60.7 Å². The van der Waals surface area contributed by atoms with Crippen LogP contribution < -0.4 is 15.4 Å². The number of benzene rings is 2. The van der Waals surface area contributed by atoms with E-state index in [1.54, 1.807) is 0 Å². The molecule has 2 aromatic carbocycles. The quantitative estimate of drug-likeness (QED) is 0.679. The summed E-state index contributed by atoms with van der Waals surface area (Å²) in [5.41, 5.74) is 3.76. The van der Waals surface area contributed by atoms with E-state index in [0.29, 0.717) is 24.0 Å². The molecule has 4 heteroatoms. The van der Waals surface area contributed by atoms with Crippen LogP contribution in [-0.4, -0.2) is 19.1 Å². The number of hydrogen-bond acceptors (Lipinski definition) is 3. The lowest BCUT2D eigenvalue weighted by atomic mass is 10.0. The molecule has 0 spiro atoms. The first-order valence-electron chi connectivity index (χ1n) is 8.46. The van der Waals surface area contributed by atoms with Gasteiger partial charge in [0.15, 0.2) is 0 Å². The van der Waals surface area contributed by atoms with E-state index >= 15 is 0 Å². The van der Waals surface area contributed by atoms with Crippen molar-refractivity contribution in [1.29, 1.82) is 0 Å². The van der Waals surface area contributed by atoms with Crippen LogP contribution in [0.1, 0.15) is 32.3 Å². The summed E-state index contributed by atoms with van der Waals surface area (Å²) in [5.74, 6) is 0.911. The zero-order valence-corrected chi connectivity index (χ0v) is 15.1. The van der Waals surface area contributed by atoms with Gasteiger partial charge in [-0.1, -0.05) is 50.8 Å². The minimum atomic E-state index is -0.120. The Bertz CT molecular complexity index is 738. The first-order valence-corrected chi connectivity index (χ1v) is 8.46. The van der Waals surface area contributed by atoms with Crippen LogP contribution in [0.5, 0.6) is 5.75 Å². The van der Waals surface area contributed by atoms with E-state index in [9.17, 15) is 4.79 Å². The first-order chi connectivity index (χ1) is 12.0. The van der Waals surface area contributed by atoms with Gasteiger partial charge in [0, 0.05) is 5.69 Å². The number of para-hydroxylation sites is 3. The molecule has 0 saturated carbocycles. The number of nitrogens with one attached hydrogen (secondary N) is 2. The summed E-state index contributed by atoms with van der Waals surface area (Å²) in [5, 5.41) is 6.11. The molecule has 2 rings (SSSR count). The topological polar surface area (TPSA) is 50.4 Å². The fraction of sp³-hybridized carbons (Fsp3) is 0.286. The summed E-state index contributed by atoms with van der Waals surface area (Å²) in [4.78, 5) is 12.3. The monoisotopic (exact) mass is 338 g/mol. The molecule has 132 valence electrons. The van der Waals surface area contributed by atoms with Gasteiger partial charge in [0.2, 0.25) is 5.91 Å². The van der Waals surface area contributed by atoms with Crippen molar-refractivity contribution in [2.24, 2.45) is 0 Å². The van der Waals surface area contributed by atoms with Gasteiger partial charge in [-0.25, -0.2) is 0 Å². The number of hydrogen-bond donors (Lipinski definition) is 2. The second-order valence-electron chi connectivity index (χ2n) is 6.39. The maximum atomic E-state index is 12.3. The molecule has 0 aliphatic heterocycles. The lowest BCUT2D eigenvalue weighted by Crippen LogP contribution is -2.22. The van der Waals surface area contributed by atoms with Crippen LogP contribution in [0.3, 0.4) is 0 Å². The molecule has 0 bridgehead atoms. The van der Waals surface area contributed by atoms with Gasteiger partial charge in [0.1, 0.15) is 12.4 Å². The van der Waals surface area contributed by atoms with Crippen LogP contribution in [0, 0.1) is 0 Å². The van der Waals surface area contributed by atoms with Gasteiger partial charge < -0.3 is 15.4 Å². The molecule has 0 aliphatic rings. The largest absolute Gasteiger partial charge is 0.487 e. The molecule has 0 unspecified atom stereocenters. The normalized spacial score (nSPS) is 10.4. The molecule has 25 heavy (non-hydrogen) atoms. The van der Waals surface area contributed by atoms with E-state index in [4.69, 9.17) is 4.74 Å². The third-order valence-corrected chi connectivity index (χ3v) is 3.66. The number of rotatable bonds is 8. The van der Waals surface area contributed by atoms with Crippen molar-refractivity contribution in [2.45, 2.75) is 26.7 Å². The average Bonchev–Trinajstić information content (AvgIpc) is 2.59. The minimum Gasteiger partial charge on any atom is -0.487 e. The Morgan fingerprint density at radius 3 is 2.40 bits per heavy atom. The first kappa shape index (κ1) is 18.6. The molecule has 2 N–H and O–H groups in total. The Balaban J connectivity index is 1.98. The molecular weight excluding hydrogens is 312 g/mol. The summed E-state index contributed by atoms with van der Waals surface area (Å²) in [7, 11) is 0. The maximum Gasteiger partial charge on any atom is 0.243 e. The lowest BCUT2D eigenvalue weighted by molar-refractivity contribution is -0.114. The second-order valence-corrected chi connectivity index (χ2v) is 6.39. The molecule has 0 radical (unpaired) electrons. The van der Waals surface area contributed by atoms with Crippen LogP contribution in [-0.2, 0) is 4.79 Å². The summed E-state index contributed by atoms with van der Waals surface area (Å²) in [6.45, 7) is 10.6. The van der Waals surface area contributed by atoms with Crippen LogP contribution in [0.4, 0.5) is 11.4 Å². The van der Waals surface area contributed by atoms with Gasteiger partial charge in [0.25, 0.3) is 0 Å². The minimum absolute atomic E-state index is 0.120. The van der Waals surface area contributed by atoms with Gasteiger partial charge in [-0.05, 0) is 42.2 Å². The fourth-order valence-electron chi connectivity index (χ4n) is 2.43. The second kappa shape index (κ2) is 8.92. The highest BCUT2D eigenvalue weighted by molar-refractivity contribution is 5.95. The van der Waals surface area contributed by atoms with E-state index in [2.05, 4.69) is 37.1 Å². The molecule has 0 aromatic heterocycles. The molecular formula is C21H26N2O2. The Morgan fingerprint density at radius 1 is 1.08 bits per heavy atom. The zero-order valence-electron chi connectivity index (χ0n) is 15.1. The van der Waals surface area contributed by atoms with Crippen molar-refractivity contribution in [3.05, 3.63) is 66.2 Å². The van der Waals surface area contributed by atoms with Crippen molar-refractivity contribution in [3.63, 3.8) is 0 Å². The molecule has 0 saturated heterocycles. The van der Waals surface area contributed by atoms with Gasteiger partial charge in [0.05, 0.1) is 12.2 Å². The van der Waals surface area contributed by atoms with Crippen molar-refractivity contribution < 1.29 is 9.53 Å². The predicted octanol–water partition coefficient (Wildman–Crippen LogP) is 4.82. The van der Waals surface area contributed by atoms with E-state index in [1.165, 1.54) is 5.56 Å². The third-order valence-electron chi connectivity index (χ3n) is 3.66. The van der Waals surface area contributed by atoms with Gasteiger partial charge in [-0.15, -0.1) is 0 Å². The molecule has 0 aliphatic carbocycles. The summed E-state index contributed by atoms with van der Waals surface area (Å²) >= 11 is 0. The Kier molecular flexibility index (Phi) is 6.63. The molecule has 4 nitrogen and oxygen atoms in total. The SMILES string of the molecule is C=C(C)COc1ccccc1NC(=O)CNc1ccccc1C(C)C. The van der Waals surface area contributed by atoms with Gasteiger partial charge in [-0.2, -0.15) is 0 Å². The van der Waals surface area contributed by atoms with E-state index in [1.807, 2.05) is 49.4 Å². The van der Waals surface area contributed by atoms with Gasteiger partial charge in [-0.3, -0.25) is 4.79 Å². The molecule has 0 fully saturated rings. The summed E-state index contributed by atoms with van der Waals surface area (Å²) in [6.07, 6.45) is 0. The summed E-state index contributed by atoms with van der Waals surface area (Å²) in [6, 6.07) is 15.4. The van der Waals surface area contributed by atoms with E-state index in [0.717, 1.165) is 11.3 Å². The fourth-order valence-corrected chi connectivity index (χ4v) is 2.43. The van der Waals surface area contributed by atoms with Gasteiger partial charge >= 0.3 is 0 Å². The predicted molar refractivity (Wildman–Crippen MR) is 104 cm³/mol. The Morgan fingerprint density at radius 2 is 1.72 bits per heavy atom. The number of carbonyl (C=O) groups excluding carboxylic acids is 1. The van der Waals surface area contributed by atoms with Crippen LogP contribution in [0.2, 0.25) is 0 Å². The van der Waals surface area contributed by atoms with Crippen molar-refractivity contribution in [1.82, 2.24) is 0 Å². The van der Waals surface area contributed by atoms with E-state index < -0.39 is 0 Å². The van der Waals surface area contributed by atoms with Crippen LogP contribution >= 0.6 is 0 Å². The summed E-state index contributed by atoms with van der Waals surface area (Å²) < 4.78 is 5.68. The Labute approximate surface area is 149 Å². The third kappa shape index (κ3) is 5.68. The molecule has 0 atom stereocenters. The molecule has 2 aromatic rings. The number of anilines is 2. The Hall–Kier alpha value is -2.75. The highest BCUT2D eigenvalue weighted by Gasteiger charge is 2.10. The number of carbonyl (C=O) groups is 1. The van der Waals surface area contributed by atoms with Crippen LogP contribution in [0.25, 0.3) is 0 Å². The lowest BCUT2D eigenvalue weighted by Gasteiger charge is -2.15.